The number of nitriles is 1. The fourth-order valence-electron chi connectivity index (χ4n) is 3.40. The van der Waals surface area contributed by atoms with Gasteiger partial charge in [0.2, 0.25) is 0 Å². The number of hydrogen-bond donors (Lipinski definition) is 0. The van der Waals surface area contributed by atoms with Gasteiger partial charge in [-0.25, -0.2) is 0 Å². The lowest BCUT2D eigenvalue weighted by Gasteiger charge is -2.08. The van der Waals surface area contributed by atoms with Crippen molar-refractivity contribution in [3.05, 3.63) is 95.7 Å². The monoisotopic (exact) mass is 336 g/mol. The molecule has 26 heavy (non-hydrogen) atoms. The Labute approximate surface area is 151 Å². The average Bonchev–Trinajstić information content (AvgIpc) is 3.02. The fourth-order valence-corrected chi connectivity index (χ4v) is 3.40. The standard InChI is InChI=1S/C23H16N2O/c24-14-17-10-12-19(13-11-17)23-20-8-4-5-9-21(20)25(22(23)16-26)15-18-6-2-1-3-7-18/h1-13,16H,15H2. The summed E-state index contributed by atoms with van der Waals surface area (Å²) in [6.07, 6.45) is 0.927. The molecule has 0 radical (unpaired) electrons. The second kappa shape index (κ2) is 6.70. The Morgan fingerprint density at radius 2 is 1.58 bits per heavy atom. The van der Waals surface area contributed by atoms with E-state index in [0.717, 1.165) is 33.9 Å². The molecule has 1 heterocycles. The van der Waals surface area contributed by atoms with E-state index in [9.17, 15) is 4.79 Å². The van der Waals surface area contributed by atoms with Crippen molar-refractivity contribution >= 4 is 17.2 Å². The van der Waals surface area contributed by atoms with Crippen LogP contribution in [0.3, 0.4) is 0 Å². The number of rotatable bonds is 4. The summed E-state index contributed by atoms with van der Waals surface area (Å²) in [7, 11) is 0. The van der Waals surface area contributed by atoms with Crippen molar-refractivity contribution in [1.82, 2.24) is 4.57 Å². The number of aromatic nitrogens is 1. The molecule has 0 aliphatic rings. The third-order valence-electron chi connectivity index (χ3n) is 4.61. The van der Waals surface area contributed by atoms with E-state index in [-0.39, 0.29) is 0 Å². The second-order valence-corrected chi connectivity index (χ2v) is 6.16. The molecule has 0 N–H and O–H groups in total. The van der Waals surface area contributed by atoms with Crippen LogP contribution >= 0.6 is 0 Å². The number of para-hydroxylation sites is 1. The first-order valence-corrected chi connectivity index (χ1v) is 8.42. The highest BCUT2D eigenvalue weighted by Crippen LogP contribution is 2.34. The smallest absolute Gasteiger partial charge is 0.167 e. The van der Waals surface area contributed by atoms with Crippen LogP contribution in [-0.4, -0.2) is 10.9 Å². The van der Waals surface area contributed by atoms with E-state index in [1.807, 2.05) is 54.6 Å². The van der Waals surface area contributed by atoms with Crippen LogP contribution in [0.5, 0.6) is 0 Å². The average molecular weight is 336 g/mol. The highest BCUT2D eigenvalue weighted by atomic mass is 16.1. The first-order chi connectivity index (χ1) is 12.8. The maximum atomic E-state index is 12.0. The molecule has 0 saturated carbocycles. The van der Waals surface area contributed by atoms with Gasteiger partial charge in [0.15, 0.2) is 6.29 Å². The lowest BCUT2D eigenvalue weighted by molar-refractivity contribution is 0.111. The lowest BCUT2D eigenvalue weighted by atomic mass is 10.0. The van der Waals surface area contributed by atoms with Gasteiger partial charge in [0.1, 0.15) is 0 Å². The van der Waals surface area contributed by atoms with Crippen molar-refractivity contribution in [2.45, 2.75) is 6.54 Å². The van der Waals surface area contributed by atoms with Gasteiger partial charge in [-0.15, -0.1) is 0 Å². The Kier molecular flexibility index (Phi) is 4.09. The predicted octanol–water partition coefficient (Wildman–Crippen LogP) is 5.04. The Morgan fingerprint density at radius 1 is 0.885 bits per heavy atom. The van der Waals surface area contributed by atoms with Gasteiger partial charge in [0.25, 0.3) is 0 Å². The number of carbonyl (C=O) groups excluding carboxylic acids is 1. The molecule has 4 rings (SSSR count). The zero-order valence-corrected chi connectivity index (χ0v) is 14.1. The van der Waals surface area contributed by atoms with Gasteiger partial charge in [-0.3, -0.25) is 4.79 Å². The van der Waals surface area contributed by atoms with E-state index in [1.165, 1.54) is 0 Å². The van der Waals surface area contributed by atoms with Gasteiger partial charge >= 0.3 is 0 Å². The van der Waals surface area contributed by atoms with Gasteiger partial charge in [-0.1, -0.05) is 60.7 Å². The minimum atomic E-state index is 0.606. The van der Waals surface area contributed by atoms with E-state index >= 15 is 0 Å². The van der Waals surface area contributed by atoms with Crippen LogP contribution in [0.2, 0.25) is 0 Å². The molecule has 0 fully saturated rings. The van der Waals surface area contributed by atoms with Gasteiger partial charge in [-0.2, -0.15) is 5.26 Å². The van der Waals surface area contributed by atoms with Gasteiger partial charge in [0, 0.05) is 23.0 Å². The summed E-state index contributed by atoms with van der Waals surface area (Å²) < 4.78 is 2.06. The minimum absolute atomic E-state index is 0.606. The van der Waals surface area contributed by atoms with Crippen LogP contribution in [0.1, 0.15) is 21.6 Å². The van der Waals surface area contributed by atoms with Crippen molar-refractivity contribution in [3.63, 3.8) is 0 Å². The van der Waals surface area contributed by atoms with Crippen molar-refractivity contribution in [1.29, 1.82) is 5.26 Å². The van der Waals surface area contributed by atoms with Gasteiger partial charge in [-0.05, 0) is 29.3 Å². The van der Waals surface area contributed by atoms with Crippen molar-refractivity contribution in [2.75, 3.05) is 0 Å². The maximum Gasteiger partial charge on any atom is 0.167 e. The molecule has 0 aliphatic carbocycles. The SMILES string of the molecule is N#Cc1ccc(-c2c(C=O)n(Cc3ccccc3)c3ccccc23)cc1. The Hall–Kier alpha value is -3.64. The quantitative estimate of drug-likeness (QED) is 0.490. The van der Waals surface area contributed by atoms with Crippen LogP contribution in [0.15, 0.2) is 78.9 Å². The van der Waals surface area contributed by atoms with Crippen molar-refractivity contribution in [3.8, 4) is 17.2 Å². The third kappa shape index (κ3) is 2.68. The number of fused-ring (bicyclic) bond motifs is 1. The predicted molar refractivity (Wildman–Crippen MR) is 103 cm³/mol. The summed E-state index contributed by atoms with van der Waals surface area (Å²) in [5, 5.41) is 10.1. The lowest BCUT2D eigenvalue weighted by Crippen LogP contribution is -2.04. The summed E-state index contributed by atoms with van der Waals surface area (Å²) in [6.45, 7) is 0.631. The van der Waals surface area contributed by atoms with Crippen LogP contribution < -0.4 is 0 Å². The Balaban J connectivity index is 1.95. The van der Waals surface area contributed by atoms with Crippen LogP contribution in [0.25, 0.3) is 22.0 Å². The molecule has 0 spiro atoms. The molecule has 0 amide bonds. The van der Waals surface area contributed by atoms with Crippen LogP contribution in [-0.2, 0) is 6.54 Å². The van der Waals surface area contributed by atoms with E-state index in [0.29, 0.717) is 17.8 Å². The largest absolute Gasteiger partial charge is 0.333 e. The van der Waals surface area contributed by atoms with Gasteiger partial charge < -0.3 is 4.57 Å². The van der Waals surface area contributed by atoms with E-state index < -0.39 is 0 Å². The summed E-state index contributed by atoms with van der Waals surface area (Å²) in [5.74, 6) is 0. The molecule has 4 aromatic rings. The number of benzene rings is 3. The fraction of sp³-hybridized carbons (Fsp3) is 0.0435. The molecule has 1 aromatic heterocycles. The zero-order chi connectivity index (χ0) is 17.9. The number of nitrogens with zero attached hydrogens (tertiary/aromatic N) is 2. The molecule has 3 aromatic carbocycles. The summed E-state index contributed by atoms with van der Waals surface area (Å²) in [4.78, 5) is 12.0. The first kappa shape index (κ1) is 15.9. The Morgan fingerprint density at radius 3 is 2.27 bits per heavy atom. The van der Waals surface area contributed by atoms with E-state index in [2.05, 4.69) is 22.8 Å². The molecule has 0 unspecified atom stereocenters. The van der Waals surface area contributed by atoms with E-state index in [4.69, 9.17) is 5.26 Å². The summed E-state index contributed by atoms with van der Waals surface area (Å²) >= 11 is 0. The third-order valence-corrected chi connectivity index (χ3v) is 4.61. The zero-order valence-electron chi connectivity index (χ0n) is 14.1. The van der Waals surface area contributed by atoms with Crippen LogP contribution in [0, 0.1) is 11.3 Å². The highest BCUT2D eigenvalue weighted by Gasteiger charge is 2.18. The molecule has 0 bridgehead atoms. The summed E-state index contributed by atoms with van der Waals surface area (Å²) in [6, 6.07) is 27.7. The molecule has 0 atom stereocenters. The molecule has 0 aliphatic heterocycles. The number of aldehydes is 1. The highest BCUT2D eigenvalue weighted by molar-refractivity contribution is 6.04. The van der Waals surface area contributed by atoms with E-state index in [1.54, 1.807) is 12.1 Å². The van der Waals surface area contributed by atoms with Crippen molar-refractivity contribution in [2.24, 2.45) is 0 Å². The molecular formula is C23H16N2O. The molecule has 3 nitrogen and oxygen atoms in total. The number of hydrogen-bond acceptors (Lipinski definition) is 2. The van der Waals surface area contributed by atoms with Crippen LogP contribution in [0.4, 0.5) is 0 Å². The number of carbonyl (C=O) groups is 1. The second-order valence-electron chi connectivity index (χ2n) is 6.16. The topological polar surface area (TPSA) is 45.8 Å². The first-order valence-electron chi connectivity index (χ1n) is 8.42. The van der Waals surface area contributed by atoms with Crippen molar-refractivity contribution < 1.29 is 4.79 Å². The summed E-state index contributed by atoms with van der Waals surface area (Å²) in [5.41, 5.74) is 5.28. The molecule has 0 saturated heterocycles. The maximum absolute atomic E-state index is 12.0. The molecular weight excluding hydrogens is 320 g/mol. The normalized spacial score (nSPS) is 10.6. The molecule has 124 valence electrons. The Bertz CT molecular complexity index is 1120. The molecule has 3 heteroatoms. The minimum Gasteiger partial charge on any atom is -0.333 e. The van der Waals surface area contributed by atoms with Gasteiger partial charge in [0.05, 0.1) is 17.3 Å².